The molecule has 1 aromatic heterocycles. The van der Waals surface area contributed by atoms with Crippen LogP contribution in [0.1, 0.15) is 49.6 Å². The fraction of sp³-hybridized carbons (Fsp3) is 0.625. The molecule has 114 valence electrons. The lowest BCUT2D eigenvalue weighted by atomic mass is 9.69. The Morgan fingerprint density at radius 3 is 2.86 bits per heavy atom. The van der Waals surface area contributed by atoms with Crippen molar-refractivity contribution in [2.24, 2.45) is 11.3 Å². The average molecular weight is 325 g/mol. The molecule has 0 aliphatic heterocycles. The van der Waals surface area contributed by atoms with Crippen LogP contribution in [0.2, 0.25) is 0 Å². The minimum atomic E-state index is -0.253. The monoisotopic (exact) mass is 324 g/mol. The third-order valence-electron chi connectivity index (χ3n) is 4.77. The van der Waals surface area contributed by atoms with Crippen LogP contribution in [-0.2, 0) is 17.6 Å². The summed E-state index contributed by atoms with van der Waals surface area (Å²) in [5.41, 5.74) is 2.09. The number of alkyl halides is 1. The maximum absolute atomic E-state index is 11.5. The largest absolute Gasteiger partial charge is 0.316 e. The van der Waals surface area contributed by atoms with Crippen LogP contribution in [-0.4, -0.2) is 11.8 Å². The number of carbonyl (C=O) groups excluding carboxylic acids is 1. The summed E-state index contributed by atoms with van der Waals surface area (Å²) in [7, 11) is 0. The predicted octanol–water partition coefficient (Wildman–Crippen LogP) is 4.34. The maximum atomic E-state index is 11.5. The van der Waals surface area contributed by atoms with Crippen LogP contribution in [0.4, 0.5) is 5.00 Å². The number of rotatable bonds is 4. The van der Waals surface area contributed by atoms with Gasteiger partial charge in [-0.3, -0.25) is 4.79 Å². The molecule has 1 heterocycles. The summed E-state index contributed by atoms with van der Waals surface area (Å²) in [5.74, 6) is 0.299. The molecule has 1 amide bonds. The molecular weight excluding hydrogens is 304 g/mol. The van der Waals surface area contributed by atoms with E-state index in [0.717, 1.165) is 31.2 Å². The molecule has 1 aliphatic carbocycles. The number of anilines is 1. The molecular formula is C16H21ClN2OS. The summed E-state index contributed by atoms with van der Waals surface area (Å²) in [6.45, 7) is 6.87. The van der Waals surface area contributed by atoms with Gasteiger partial charge in [0.25, 0.3) is 0 Å². The topological polar surface area (TPSA) is 52.9 Å². The molecule has 0 radical (unpaired) electrons. The first-order valence-electron chi connectivity index (χ1n) is 7.33. The van der Waals surface area contributed by atoms with Crippen LogP contribution >= 0.6 is 22.9 Å². The molecule has 0 aromatic carbocycles. The smallest absolute Gasteiger partial charge is 0.239 e. The summed E-state index contributed by atoms with van der Waals surface area (Å²) >= 11 is 7.08. The zero-order valence-electron chi connectivity index (χ0n) is 12.8. The van der Waals surface area contributed by atoms with E-state index < -0.39 is 0 Å². The molecule has 21 heavy (non-hydrogen) atoms. The van der Waals surface area contributed by atoms with Gasteiger partial charge in [-0.25, -0.2) is 0 Å². The van der Waals surface area contributed by atoms with E-state index in [4.69, 9.17) is 11.6 Å². The van der Waals surface area contributed by atoms with Crippen molar-refractivity contribution in [2.45, 2.75) is 46.5 Å². The molecule has 1 N–H and O–H groups in total. The SMILES string of the molecule is CCC(C)(C)[C@H]1CCc2c(sc(NC(=O)CCl)c2C#N)C1. The van der Waals surface area contributed by atoms with Crippen molar-refractivity contribution in [1.82, 2.24) is 0 Å². The van der Waals surface area contributed by atoms with Crippen molar-refractivity contribution in [3.63, 3.8) is 0 Å². The lowest BCUT2D eigenvalue weighted by Crippen LogP contribution is -2.28. The lowest BCUT2D eigenvalue weighted by molar-refractivity contribution is -0.113. The van der Waals surface area contributed by atoms with Gasteiger partial charge in [0.15, 0.2) is 0 Å². The van der Waals surface area contributed by atoms with E-state index in [2.05, 4.69) is 32.2 Å². The van der Waals surface area contributed by atoms with E-state index in [1.807, 2.05) is 0 Å². The maximum Gasteiger partial charge on any atom is 0.239 e. The van der Waals surface area contributed by atoms with Crippen LogP contribution in [0.25, 0.3) is 0 Å². The Morgan fingerprint density at radius 1 is 1.57 bits per heavy atom. The number of nitrogens with one attached hydrogen (secondary N) is 1. The number of hydrogen-bond acceptors (Lipinski definition) is 3. The highest BCUT2D eigenvalue weighted by atomic mass is 35.5. The van der Waals surface area contributed by atoms with E-state index >= 15 is 0 Å². The first-order valence-corrected chi connectivity index (χ1v) is 8.68. The first kappa shape index (κ1) is 16.3. The zero-order chi connectivity index (χ0) is 15.6. The third-order valence-corrected chi connectivity index (χ3v) is 6.18. The van der Waals surface area contributed by atoms with Gasteiger partial charge in [0.1, 0.15) is 17.0 Å². The van der Waals surface area contributed by atoms with Gasteiger partial charge < -0.3 is 5.32 Å². The highest BCUT2D eigenvalue weighted by molar-refractivity contribution is 7.16. The van der Waals surface area contributed by atoms with Gasteiger partial charge in [-0.05, 0) is 36.2 Å². The fourth-order valence-electron chi connectivity index (χ4n) is 2.91. The van der Waals surface area contributed by atoms with E-state index in [0.29, 0.717) is 21.9 Å². The van der Waals surface area contributed by atoms with E-state index in [-0.39, 0.29) is 11.8 Å². The normalized spacial score (nSPS) is 18.0. The Kier molecular flexibility index (Phi) is 4.95. The number of nitriles is 1. The Bertz CT molecular complexity index is 586. The molecule has 0 unspecified atom stereocenters. The standard InChI is InChI=1S/C16H21ClN2OS/c1-4-16(2,3)10-5-6-11-12(9-18)15(19-14(20)8-17)21-13(11)7-10/h10H,4-8H2,1-3H3,(H,19,20)/t10-/m0/s1. The van der Waals surface area contributed by atoms with E-state index in [1.54, 1.807) is 11.3 Å². The predicted molar refractivity (Wildman–Crippen MR) is 88.0 cm³/mol. The van der Waals surface area contributed by atoms with Gasteiger partial charge in [0.2, 0.25) is 5.91 Å². The van der Waals surface area contributed by atoms with Crippen LogP contribution < -0.4 is 5.32 Å². The van der Waals surface area contributed by atoms with Crippen molar-refractivity contribution in [2.75, 3.05) is 11.2 Å². The minimum Gasteiger partial charge on any atom is -0.316 e. The molecule has 5 heteroatoms. The molecule has 1 atom stereocenters. The lowest BCUT2D eigenvalue weighted by Gasteiger charge is -2.36. The summed E-state index contributed by atoms with van der Waals surface area (Å²) < 4.78 is 0. The Labute approximate surface area is 135 Å². The molecule has 0 bridgehead atoms. The number of hydrogen-bond donors (Lipinski definition) is 1. The molecule has 0 saturated heterocycles. The van der Waals surface area contributed by atoms with Crippen LogP contribution in [0.5, 0.6) is 0 Å². The van der Waals surface area contributed by atoms with Crippen molar-refractivity contribution in [3.05, 3.63) is 16.0 Å². The van der Waals surface area contributed by atoms with Crippen LogP contribution in [0.3, 0.4) is 0 Å². The number of carbonyl (C=O) groups is 1. The highest BCUT2D eigenvalue weighted by Gasteiger charge is 2.33. The second kappa shape index (κ2) is 6.37. The van der Waals surface area contributed by atoms with Gasteiger partial charge >= 0.3 is 0 Å². The van der Waals surface area contributed by atoms with E-state index in [9.17, 15) is 10.1 Å². The van der Waals surface area contributed by atoms with Crippen molar-refractivity contribution < 1.29 is 4.79 Å². The molecule has 1 aliphatic rings. The minimum absolute atomic E-state index is 0.0844. The van der Waals surface area contributed by atoms with Crippen molar-refractivity contribution in [1.29, 1.82) is 5.26 Å². The van der Waals surface area contributed by atoms with Gasteiger partial charge in [-0.15, -0.1) is 22.9 Å². The van der Waals surface area contributed by atoms with Crippen molar-refractivity contribution >= 4 is 33.8 Å². The Morgan fingerprint density at radius 2 is 2.29 bits per heavy atom. The summed E-state index contributed by atoms with van der Waals surface area (Å²) in [4.78, 5) is 12.7. The second-order valence-electron chi connectivity index (χ2n) is 6.28. The molecule has 0 fully saturated rings. The van der Waals surface area contributed by atoms with Gasteiger partial charge in [0.05, 0.1) is 5.56 Å². The van der Waals surface area contributed by atoms with Crippen LogP contribution in [0, 0.1) is 22.7 Å². The van der Waals surface area contributed by atoms with Crippen LogP contribution in [0.15, 0.2) is 0 Å². The second-order valence-corrected chi connectivity index (χ2v) is 7.66. The Balaban J connectivity index is 2.29. The number of amides is 1. The fourth-order valence-corrected chi connectivity index (χ4v) is 4.27. The molecule has 2 rings (SSSR count). The quantitative estimate of drug-likeness (QED) is 0.838. The molecule has 3 nitrogen and oxygen atoms in total. The van der Waals surface area contributed by atoms with Crippen molar-refractivity contribution in [3.8, 4) is 6.07 Å². The molecule has 0 spiro atoms. The van der Waals surface area contributed by atoms with E-state index in [1.165, 1.54) is 4.88 Å². The zero-order valence-corrected chi connectivity index (χ0v) is 14.3. The molecule has 0 saturated carbocycles. The summed E-state index contributed by atoms with van der Waals surface area (Å²) in [6, 6.07) is 2.25. The first-order chi connectivity index (χ1) is 9.92. The van der Waals surface area contributed by atoms with Gasteiger partial charge in [-0.1, -0.05) is 27.2 Å². The Hall–Kier alpha value is -1.05. The average Bonchev–Trinajstić information content (AvgIpc) is 2.82. The summed E-state index contributed by atoms with van der Waals surface area (Å²) in [5, 5.41) is 12.8. The third kappa shape index (κ3) is 3.25. The number of fused-ring (bicyclic) bond motifs is 1. The van der Waals surface area contributed by atoms with Gasteiger partial charge in [0, 0.05) is 4.88 Å². The van der Waals surface area contributed by atoms with Gasteiger partial charge in [-0.2, -0.15) is 5.26 Å². The molecule has 1 aromatic rings. The number of thiophene rings is 1. The highest BCUT2D eigenvalue weighted by Crippen LogP contribution is 2.45. The number of nitrogens with zero attached hydrogens (tertiary/aromatic N) is 1. The summed E-state index contributed by atoms with van der Waals surface area (Å²) in [6.07, 6.45) is 4.20. The number of halogens is 1.